The highest BCUT2D eigenvalue weighted by molar-refractivity contribution is 7.99. The van der Waals surface area contributed by atoms with Gasteiger partial charge in [-0.25, -0.2) is 0 Å². The zero-order valence-corrected chi connectivity index (χ0v) is 25.1. The molecule has 4 aromatic carbocycles. The van der Waals surface area contributed by atoms with Gasteiger partial charge in [0.05, 0.1) is 6.42 Å². The molecule has 0 atom stereocenters. The zero-order chi connectivity index (χ0) is 29.1. The van der Waals surface area contributed by atoms with E-state index in [1.165, 1.54) is 11.1 Å². The van der Waals surface area contributed by atoms with Crippen molar-refractivity contribution in [2.24, 2.45) is 0 Å². The molecular formula is C35H30N6S2. The molecule has 6 nitrogen and oxygen atoms in total. The molecule has 0 saturated carbocycles. The normalized spacial score (nSPS) is 11.5. The van der Waals surface area contributed by atoms with Gasteiger partial charge in [-0.05, 0) is 35.4 Å². The monoisotopic (exact) mass is 598 g/mol. The number of rotatable bonds is 12. The maximum Gasteiger partial charge on any atom is 0.196 e. The van der Waals surface area contributed by atoms with E-state index in [2.05, 4.69) is 102 Å². The van der Waals surface area contributed by atoms with Gasteiger partial charge in [0.25, 0.3) is 0 Å². The Kier molecular flexibility index (Phi) is 9.59. The first-order valence-corrected chi connectivity index (χ1v) is 16.0. The van der Waals surface area contributed by atoms with Gasteiger partial charge >= 0.3 is 0 Å². The van der Waals surface area contributed by atoms with Gasteiger partial charge in [-0.15, -0.1) is 20.4 Å². The Balaban J connectivity index is 1.26. The highest BCUT2D eigenvalue weighted by atomic mass is 32.2. The quantitative estimate of drug-likeness (QED) is 0.133. The fourth-order valence-corrected chi connectivity index (χ4v) is 6.13. The zero-order valence-electron chi connectivity index (χ0n) is 23.5. The molecule has 0 unspecified atom stereocenters. The lowest BCUT2D eigenvalue weighted by atomic mass is 10.2. The molecule has 0 fully saturated rings. The van der Waals surface area contributed by atoms with Gasteiger partial charge in [0.15, 0.2) is 10.3 Å². The minimum atomic E-state index is 0.477. The molecule has 43 heavy (non-hydrogen) atoms. The molecule has 0 N–H and O–H groups in total. The molecule has 0 aliphatic carbocycles. The van der Waals surface area contributed by atoms with Crippen LogP contribution in [0.3, 0.4) is 0 Å². The summed E-state index contributed by atoms with van der Waals surface area (Å²) in [6.45, 7) is 0. The second-order valence-corrected chi connectivity index (χ2v) is 11.5. The number of benzene rings is 4. The van der Waals surface area contributed by atoms with E-state index in [0.717, 1.165) is 44.8 Å². The molecule has 0 amide bonds. The van der Waals surface area contributed by atoms with Gasteiger partial charge in [-0.1, -0.05) is 145 Å². The molecule has 0 radical (unpaired) electrons. The maximum atomic E-state index is 4.65. The Labute approximate surface area is 260 Å². The smallest absolute Gasteiger partial charge is 0.196 e. The van der Waals surface area contributed by atoms with Crippen molar-refractivity contribution in [1.29, 1.82) is 0 Å². The molecule has 6 rings (SSSR count). The van der Waals surface area contributed by atoms with Crippen LogP contribution in [0.2, 0.25) is 0 Å². The first-order chi connectivity index (χ1) is 21.3. The second-order valence-electron chi connectivity index (χ2n) is 9.56. The van der Waals surface area contributed by atoms with Crippen molar-refractivity contribution < 1.29 is 0 Å². The van der Waals surface area contributed by atoms with E-state index in [1.807, 2.05) is 72.8 Å². The average Bonchev–Trinajstić information content (AvgIpc) is 3.67. The topological polar surface area (TPSA) is 61.4 Å². The molecular weight excluding hydrogens is 569 g/mol. The van der Waals surface area contributed by atoms with Crippen LogP contribution in [-0.2, 0) is 6.42 Å². The molecule has 0 aliphatic rings. The van der Waals surface area contributed by atoms with Crippen molar-refractivity contribution in [2.75, 3.05) is 11.5 Å². The lowest BCUT2D eigenvalue weighted by Gasteiger charge is -2.12. The summed E-state index contributed by atoms with van der Waals surface area (Å²) in [6.07, 6.45) is 9.06. The lowest BCUT2D eigenvalue weighted by molar-refractivity contribution is 0.792. The van der Waals surface area contributed by atoms with Gasteiger partial charge < -0.3 is 0 Å². The van der Waals surface area contributed by atoms with E-state index >= 15 is 0 Å². The first-order valence-electron chi connectivity index (χ1n) is 14.0. The van der Waals surface area contributed by atoms with E-state index in [9.17, 15) is 0 Å². The number of para-hydroxylation sites is 2. The van der Waals surface area contributed by atoms with Crippen LogP contribution >= 0.6 is 23.5 Å². The van der Waals surface area contributed by atoms with Crippen LogP contribution in [0.15, 0.2) is 144 Å². The third-order valence-corrected chi connectivity index (χ3v) is 8.35. The number of nitrogens with zero attached hydrogens (tertiary/aromatic N) is 6. The molecule has 212 valence electrons. The SMILES string of the molecule is C(=C/c1ccccc1)/CSc1nnc(Cc2nnc(SC/C=C/c3ccccc3)n2-c2ccccc2)n1-c1ccccc1. The van der Waals surface area contributed by atoms with Crippen LogP contribution < -0.4 is 0 Å². The van der Waals surface area contributed by atoms with Crippen molar-refractivity contribution in [2.45, 2.75) is 16.7 Å². The molecule has 2 heterocycles. The van der Waals surface area contributed by atoms with Crippen molar-refractivity contribution in [3.8, 4) is 11.4 Å². The van der Waals surface area contributed by atoms with Crippen molar-refractivity contribution >= 4 is 35.7 Å². The van der Waals surface area contributed by atoms with Crippen LogP contribution in [0.25, 0.3) is 23.5 Å². The summed E-state index contributed by atoms with van der Waals surface area (Å²) in [4.78, 5) is 0. The molecule has 0 spiro atoms. The molecule has 8 heteroatoms. The fourth-order valence-electron chi connectivity index (χ4n) is 4.57. The number of hydrogen-bond donors (Lipinski definition) is 0. The summed E-state index contributed by atoms with van der Waals surface area (Å²) in [6, 6.07) is 41.1. The van der Waals surface area contributed by atoms with Gasteiger partial charge in [0.1, 0.15) is 11.6 Å². The van der Waals surface area contributed by atoms with Crippen molar-refractivity contribution in [1.82, 2.24) is 29.5 Å². The van der Waals surface area contributed by atoms with Gasteiger partial charge in [0, 0.05) is 22.9 Å². The van der Waals surface area contributed by atoms with E-state index < -0.39 is 0 Å². The maximum absolute atomic E-state index is 4.65. The molecule has 0 saturated heterocycles. The Morgan fingerprint density at radius 3 is 1.23 bits per heavy atom. The fraction of sp³-hybridized carbons (Fsp3) is 0.0857. The standard InChI is InChI=1S/C35H30N6S2/c1-5-15-28(16-6-1)19-13-25-42-34-38-36-32(40(34)30-21-9-3-10-22-30)27-33-37-39-35(41(33)31-23-11-4-12-24-31)43-26-14-20-29-17-7-2-8-18-29/h1-24H,25-27H2/b19-13-,20-14+. The molecule has 6 aromatic rings. The van der Waals surface area contributed by atoms with Crippen molar-refractivity contribution in [3.05, 3.63) is 156 Å². The minimum absolute atomic E-state index is 0.477. The van der Waals surface area contributed by atoms with Gasteiger partial charge in [0.2, 0.25) is 0 Å². The summed E-state index contributed by atoms with van der Waals surface area (Å²) in [5, 5.41) is 20.2. The summed E-state index contributed by atoms with van der Waals surface area (Å²) in [5.41, 5.74) is 4.39. The third kappa shape index (κ3) is 7.41. The average molecular weight is 599 g/mol. The van der Waals surface area contributed by atoms with Crippen molar-refractivity contribution in [3.63, 3.8) is 0 Å². The second kappa shape index (κ2) is 14.5. The molecule has 2 aromatic heterocycles. The van der Waals surface area contributed by atoms with E-state index in [4.69, 9.17) is 0 Å². The highest BCUT2D eigenvalue weighted by Gasteiger charge is 2.20. The predicted molar refractivity (Wildman–Crippen MR) is 178 cm³/mol. The number of hydrogen-bond acceptors (Lipinski definition) is 6. The van der Waals surface area contributed by atoms with Gasteiger partial charge in [-0.2, -0.15) is 0 Å². The summed E-state index contributed by atoms with van der Waals surface area (Å²) >= 11 is 3.32. The van der Waals surface area contributed by atoms with E-state index in [-0.39, 0.29) is 0 Å². The first kappa shape index (κ1) is 28.5. The Bertz CT molecular complexity index is 1650. The summed E-state index contributed by atoms with van der Waals surface area (Å²) in [7, 11) is 0. The number of thioether (sulfide) groups is 2. The van der Waals surface area contributed by atoms with Crippen LogP contribution in [0.5, 0.6) is 0 Å². The van der Waals surface area contributed by atoms with E-state index in [0.29, 0.717) is 6.42 Å². The Morgan fingerprint density at radius 1 is 0.465 bits per heavy atom. The summed E-state index contributed by atoms with van der Waals surface area (Å²) in [5.74, 6) is 3.17. The third-order valence-electron chi connectivity index (χ3n) is 6.58. The lowest BCUT2D eigenvalue weighted by Crippen LogP contribution is -2.08. The molecule has 0 bridgehead atoms. The highest BCUT2D eigenvalue weighted by Crippen LogP contribution is 2.27. The van der Waals surface area contributed by atoms with Crippen LogP contribution in [0.1, 0.15) is 22.8 Å². The Morgan fingerprint density at radius 2 is 0.837 bits per heavy atom. The minimum Gasteiger partial charge on any atom is -0.274 e. The van der Waals surface area contributed by atoms with Crippen LogP contribution in [0.4, 0.5) is 0 Å². The van der Waals surface area contributed by atoms with Gasteiger partial charge in [-0.3, -0.25) is 9.13 Å². The van der Waals surface area contributed by atoms with Crippen LogP contribution in [-0.4, -0.2) is 41.0 Å². The summed E-state index contributed by atoms with van der Waals surface area (Å²) < 4.78 is 4.25. The Hall–Kier alpha value is -4.66. The largest absolute Gasteiger partial charge is 0.274 e. The number of aromatic nitrogens is 6. The predicted octanol–water partition coefficient (Wildman–Crippen LogP) is 8.05. The van der Waals surface area contributed by atoms with E-state index in [1.54, 1.807) is 23.5 Å². The van der Waals surface area contributed by atoms with Crippen LogP contribution in [0, 0.1) is 0 Å². The molecule has 0 aliphatic heterocycles.